The first-order valence-corrected chi connectivity index (χ1v) is 7.27. The zero-order chi connectivity index (χ0) is 16.4. The normalized spacial score (nSPS) is 10.8. The summed E-state index contributed by atoms with van der Waals surface area (Å²) in [5, 5.41) is 4.95. The van der Waals surface area contributed by atoms with Crippen LogP contribution in [0.2, 0.25) is 10.0 Å². The number of hydrogen-bond acceptors (Lipinski definition) is 4. The third kappa shape index (κ3) is 2.97. The molecule has 1 aromatic heterocycles. The van der Waals surface area contributed by atoms with Gasteiger partial charge in [-0.3, -0.25) is 4.79 Å². The Kier molecular flexibility index (Phi) is 5.11. The van der Waals surface area contributed by atoms with E-state index >= 15 is 0 Å². The molecular weight excluding hydrogens is 327 g/mol. The van der Waals surface area contributed by atoms with E-state index in [0.717, 1.165) is 5.56 Å². The summed E-state index contributed by atoms with van der Waals surface area (Å²) in [6.07, 6.45) is 1.45. The number of methoxy groups -OCH3 is 1. The molecule has 5 nitrogen and oxygen atoms in total. The maximum absolute atomic E-state index is 12.8. The van der Waals surface area contributed by atoms with Crippen LogP contribution >= 0.6 is 23.2 Å². The molecule has 0 amide bonds. The van der Waals surface area contributed by atoms with Crippen LogP contribution < -0.4 is 4.74 Å². The molecule has 2 rings (SSSR count). The van der Waals surface area contributed by atoms with Crippen molar-refractivity contribution in [3.8, 4) is 5.88 Å². The Balaban J connectivity index is 2.50. The van der Waals surface area contributed by atoms with Gasteiger partial charge in [0.1, 0.15) is 5.56 Å². The molecule has 0 bridgehead atoms. The summed E-state index contributed by atoms with van der Waals surface area (Å²) in [4.78, 5) is 12.8. The van der Waals surface area contributed by atoms with Crippen molar-refractivity contribution in [2.75, 3.05) is 13.9 Å². The minimum Gasteiger partial charge on any atom is -0.450 e. The summed E-state index contributed by atoms with van der Waals surface area (Å²) >= 11 is 12.4. The summed E-state index contributed by atoms with van der Waals surface area (Å²) in [6.45, 7) is 3.63. The van der Waals surface area contributed by atoms with Crippen molar-refractivity contribution in [3.05, 3.63) is 44.6 Å². The van der Waals surface area contributed by atoms with Crippen LogP contribution in [0.15, 0.2) is 12.3 Å². The molecule has 7 heteroatoms. The zero-order valence-corrected chi connectivity index (χ0v) is 14.2. The first-order valence-electron chi connectivity index (χ1n) is 6.52. The van der Waals surface area contributed by atoms with Gasteiger partial charge in [0.25, 0.3) is 0 Å². The summed E-state index contributed by atoms with van der Waals surface area (Å²) in [5.41, 5.74) is 2.16. The fourth-order valence-electron chi connectivity index (χ4n) is 2.12. The van der Waals surface area contributed by atoms with Crippen LogP contribution in [0.1, 0.15) is 27.0 Å². The highest BCUT2D eigenvalue weighted by Gasteiger charge is 2.23. The second-order valence-electron chi connectivity index (χ2n) is 4.86. The maximum Gasteiger partial charge on any atom is 0.225 e. The number of aromatic nitrogens is 2. The number of ketones is 1. The van der Waals surface area contributed by atoms with Gasteiger partial charge in [-0.1, -0.05) is 23.2 Å². The molecule has 1 heterocycles. The lowest BCUT2D eigenvalue weighted by Gasteiger charge is -2.11. The lowest BCUT2D eigenvalue weighted by Crippen LogP contribution is -2.09. The first-order chi connectivity index (χ1) is 10.4. The number of aryl methyl sites for hydroxylation is 2. The van der Waals surface area contributed by atoms with Crippen molar-refractivity contribution >= 4 is 29.0 Å². The highest BCUT2D eigenvalue weighted by molar-refractivity contribution is 6.39. The molecule has 0 saturated carbocycles. The van der Waals surface area contributed by atoms with Gasteiger partial charge in [0.05, 0.1) is 11.2 Å². The van der Waals surface area contributed by atoms with Crippen LogP contribution in [0.5, 0.6) is 5.88 Å². The monoisotopic (exact) mass is 342 g/mol. The molecule has 0 aliphatic rings. The van der Waals surface area contributed by atoms with E-state index in [4.69, 9.17) is 32.7 Å². The number of carbonyl (C=O) groups is 1. The maximum atomic E-state index is 12.8. The van der Waals surface area contributed by atoms with Crippen LogP contribution in [0.4, 0.5) is 0 Å². The number of rotatable bonds is 5. The number of ether oxygens (including phenoxy) is 2. The van der Waals surface area contributed by atoms with Gasteiger partial charge in [0.15, 0.2) is 6.79 Å². The molecule has 1 aromatic carbocycles. The van der Waals surface area contributed by atoms with Gasteiger partial charge in [-0.2, -0.15) is 5.10 Å². The number of hydrogen-bond donors (Lipinski definition) is 0. The van der Waals surface area contributed by atoms with Crippen LogP contribution in [-0.4, -0.2) is 29.5 Å². The third-order valence-electron chi connectivity index (χ3n) is 3.29. The Morgan fingerprint density at radius 1 is 1.27 bits per heavy atom. The second-order valence-corrected chi connectivity index (χ2v) is 5.62. The van der Waals surface area contributed by atoms with Gasteiger partial charge >= 0.3 is 0 Å². The Bertz CT molecular complexity index is 726. The molecule has 0 unspecified atom stereocenters. The molecule has 0 aliphatic carbocycles. The molecular formula is C15H16Cl2N2O3. The van der Waals surface area contributed by atoms with Crippen LogP contribution in [0.25, 0.3) is 0 Å². The van der Waals surface area contributed by atoms with Crippen molar-refractivity contribution in [1.82, 2.24) is 9.78 Å². The number of halogens is 2. The topological polar surface area (TPSA) is 53.4 Å². The molecule has 0 saturated heterocycles. The van der Waals surface area contributed by atoms with Gasteiger partial charge in [0, 0.05) is 24.7 Å². The van der Waals surface area contributed by atoms with Crippen LogP contribution in [0.3, 0.4) is 0 Å². The molecule has 0 aliphatic heterocycles. The van der Waals surface area contributed by atoms with Crippen LogP contribution in [-0.2, 0) is 11.8 Å². The number of benzene rings is 1. The fraction of sp³-hybridized carbons (Fsp3) is 0.333. The van der Waals surface area contributed by atoms with E-state index in [1.54, 1.807) is 20.0 Å². The van der Waals surface area contributed by atoms with E-state index in [-0.39, 0.29) is 12.6 Å². The van der Waals surface area contributed by atoms with E-state index in [1.165, 1.54) is 18.0 Å². The summed E-state index contributed by atoms with van der Waals surface area (Å²) in [7, 11) is 3.18. The van der Waals surface area contributed by atoms with Crippen molar-refractivity contribution in [3.63, 3.8) is 0 Å². The lowest BCUT2D eigenvalue weighted by atomic mass is 10.0. The summed E-state index contributed by atoms with van der Waals surface area (Å²) < 4.78 is 11.8. The van der Waals surface area contributed by atoms with Gasteiger partial charge in [0.2, 0.25) is 11.7 Å². The van der Waals surface area contributed by atoms with E-state index < -0.39 is 0 Å². The van der Waals surface area contributed by atoms with Crippen LogP contribution in [0, 0.1) is 13.8 Å². The first kappa shape index (κ1) is 16.8. The highest BCUT2D eigenvalue weighted by Crippen LogP contribution is 2.33. The average molecular weight is 343 g/mol. The Morgan fingerprint density at radius 3 is 2.59 bits per heavy atom. The minimum absolute atomic E-state index is 0.0201. The molecule has 0 atom stereocenters. The summed E-state index contributed by atoms with van der Waals surface area (Å²) in [6, 6.07) is 1.67. The molecule has 0 fully saturated rings. The largest absolute Gasteiger partial charge is 0.450 e. The van der Waals surface area contributed by atoms with Crippen molar-refractivity contribution in [2.24, 2.45) is 7.05 Å². The average Bonchev–Trinajstić information content (AvgIpc) is 2.87. The quantitative estimate of drug-likeness (QED) is 0.615. The van der Waals surface area contributed by atoms with Gasteiger partial charge in [-0.25, -0.2) is 4.68 Å². The molecule has 2 aromatic rings. The molecule has 0 N–H and O–H groups in total. The van der Waals surface area contributed by atoms with E-state index in [0.29, 0.717) is 32.6 Å². The zero-order valence-electron chi connectivity index (χ0n) is 12.7. The van der Waals surface area contributed by atoms with E-state index in [2.05, 4.69) is 5.10 Å². The Morgan fingerprint density at radius 2 is 1.95 bits per heavy atom. The van der Waals surface area contributed by atoms with Gasteiger partial charge < -0.3 is 9.47 Å². The molecule has 0 spiro atoms. The summed E-state index contributed by atoms with van der Waals surface area (Å²) in [5.74, 6) is 0.0558. The third-order valence-corrected chi connectivity index (χ3v) is 4.36. The van der Waals surface area contributed by atoms with Crippen molar-refractivity contribution in [2.45, 2.75) is 13.8 Å². The van der Waals surface area contributed by atoms with Gasteiger partial charge in [-0.15, -0.1) is 0 Å². The molecule has 22 heavy (non-hydrogen) atoms. The van der Waals surface area contributed by atoms with Gasteiger partial charge in [-0.05, 0) is 31.0 Å². The Hall–Kier alpha value is -1.56. The standard InChI is InChI=1S/C15H16Cl2N2O3/c1-8-5-10(13(17)9(2)12(8)16)14(20)11-6-18-19(3)15(11)22-7-21-4/h5-6H,7H2,1-4H3. The Labute approximate surface area is 138 Å². The minimum atomic E-state index is -0.271. The van der Waals surface area contributed by atoms with E-state index in [1.807, 2.05) is 6.92 Å². The van der Waals surface area contributed by atoms with E-state index in [9.17, 15) is 4.79 Å². The lowest BCUT2D eigenvalue weighted by molar-refractivity contribution is 0.0441. The smallest absolute Gasteiger partial charge is 0.225 e. The second kappa shape index (κ2) is 6.69. The predicted molar refractivity (Wildman–Crippen MR) is 85.1 cm³/mol. The highest BCUT2D eigenvalue weighted by atomic mass is 35.5. The fourth-order valence-corrected chi connectivity index (χ4v) is 2.55. The predicted octanol–water partition coefficient (Wildman–Crippen LogP) is 3.56. The SMILES string of the molecule is COCOc1c(C(=O)c2cc(C)c(Cl)c(C)c2Cl)cnn1C. The number of carbonyl (C=O) groups excluding carboxylic acids is 1. The van der Waals surface area contributed by atoms with Crippen molar-refractivity contribution in [1.29, 1.82) is 0 Å². The number of nitrogens with zero attached hydrogens (tertiary/aromatic N) is 2. The molecule has 118 valence electrons. The van der Waals surface area contributed by atoms with Crippen molar-refractivity contribution < 1.29 is 14.3 Å². The molecule has 0 radical (unpaired) electrons.